The second-order valence-electron chi connectivity index (χ2n) is 5.45. The van der Waals surface area contributed by atoms with Gasteiger partial charge in [-0.15, -0.1) is 0 Å². The first kappa shape index (κ1) is 11.7. The first-order chi connectivity index (χ1) is 7.68. The van der Waals surface area contributed by atoms with Crippen LogP contribution in [-0.2, 0) is 5.41 Å². The van der Waals surface area contributed by atoms with E-state index in [0.29, 0.717) is 5.41 Å². The zero-order valence-corrected chi connectivity index (χ0v) is 10.4. The Labute approximate surface area is 98.5 Å². The smallest absolute Gasteiger partial charge is 0.0533 e. The van der Waals surface area contributed by atoms with Crippen molar-refractivity contribution < 1.29 is 5.11 Å². The molecule has 88 valence electrons. The fourth-order valence-electron chi connectivity index (χ4n) is 3.06. The molecular weight excluding hydrogens is 196 g/mol. The van der Waals surface area contributed by atoms with Crippen molar-refractivity contribution in [2.45, 2.75) is 44.9 Å². The minimum Gasteiger partial charge on any atom is -0.395 e. The normalized spacial score (nSPS) is 32.7. The molecule has 0 saturated heterocycles. The average Bonchev–Trinajstić information content (AvgIpc) is 2.95. The molecule has 1 aliphatic rings. The summed E-state index contributed by atoms with van der Waals surface area (Å²) >= 11 is 0. The van der Waals surface area contributed by atoms with Gasteiger partial charge in [-0.05, 0) is 23.8 Å². The molecule has 16 heavy (non-hydrogen) atoms. The monoisotopic (exact) mass is 218 g/mol. The third kappa shape index (κ3) is 1.67. The fourth-order valence-corrected chi connectivity index (χ4v) is 3.06. The molecule has 2 atom stereocenters. The molecule has 1 N–H and O–H groups in total. The first-order valence-electron chi connectivity index (χ1n) is 6.35. The summed E-state index contributed by atoms with van der Waals surface area (Å²) < 4.78 is 0. The maximum absolute atomic E-state index is 9.74. The van der Waals surface area contributed by atoms with Crippen LogP contribution in [0.25, 0.3) is 0 Å². The van der Waals surface area contributed by atoms with Crippen LogP contribution in [0.5, 0.6) is 0 Å². The van der Waals surface area contributed by atoms with E-state index in [2.05, 4.69) is 38.1 Å². The van der Waals surface area contributed by atoms with Gasteiger partial charge in [0.15, 0.2) is 0 Å². The molecule has 1 aromatic carbocycles. The molecule has 1 aromatic rings. The highest BCUT2D eigenvalue weighted by atomic mass is 16.3. The van der Waals surface area contributed by atoms with Gasteiger partial charge in [0.1, 0.15) is 0 Å². The van der Waals surface area contributed by atoms with Crippen LogP contribution in [0, 0.1) is 5.41 Å². The van der Waals surface area contributed by atoms with Crippen LogP contribution in [0.15, 0.2) is 30.3 Å². The Morgan fingerprint density at radius 2 is 1.94 bits per heavy atom. The van der Waals surface area contributed by atoms with Crippen molar-refractivity contribution in [1.82, 2.24) is 0 Å². The lowest BCUT2D eigenvalue weighted by Gasteiger charge is -2.21. The third-order valence-corrected chi connectivity index (χ3v) is 4.40. The molecule has 1 heteroatoms. The molecule has 1 saturated carbocycles. The van der Waals surface area contributed by atoms with Crippen LogP contribution in [0.2, 0.25) is 0 Å². The van der Waals surface area contributed by atoms with Gasteiger partial charge in [-0.2, -0.15) is 0 Å². The van der Waals surface area contributed by atoms with Gasteiger partial charge in [0.2, 0.25) is 0 Å². The predicted molar refractivity (Wildman–Crippen MR) is 67.5 cm³/mol. The summed E-state index contributed by atoms with van der Waals surface area (Å²) in [5.41, 5.74) is 1.68. The maximum atomic E-state index is 9.74. The molecule has 0 aromatic heterocycles. The molecular formula is C15H22O. The van der Waals surface area contributed by atoms with E-state index >= 15 is 0 Å². The van der Waals surface area contributed by atoms with Gasteiger partial charge < -0.3 is 5.11 Å². The SMILES string of the molecule is CCCC[C@@]1(C)C[C@@]1(CO)c1ccccc1. The lowest BCUT2D eigenvalue weighted by atomic mass is 9.85. The largest absolute Gasteiger partial charge is 0.395 e. The topological polar surface area (TPSA) is 20.2 Å². The van der Waals surface area contributed by atoms with Crippen LogP contribution in [0.1, 0.15) is 45.1 Å². The second-order valence-corrected chi connectivity index (χ2v) is 5.45. The zero-order chi connectivity index (χ0) is 11.6. The Morgan fingerprint density at radius 3 is 2.50 bits per heavy atom. The standard InChI is InChI=1S/C15H22O/c1-3-4-10-14(2)11-15(14,12-16)13-8-6-5-7-9-13/h5-9,16H,3-4,10-12H2,1-2H3/t14-,15+/m0/s1. The number of aliphatic hydroxyl groups is 1. The van der Waals surface area contributed by atoms with Crippen molar-refractivity contribution >= 4 is 0 Å². The summed E-state index contributed by atoms with van der Waals surface area (Å²) in [7, 11) is 0. The lowest BCUT2D eigenvalue weighted by Crippen LogP contribution is -2.21. The van der Waals surface area contributed by atoms with Gasteiger partial charge >= 0.3 is 0 Å². The molecule has 0 bridgehead atoms. The molecule has 0 radical (unpaired) electrons. The molecule has 1 aliphatic carbocycles. The van der Waals surface area contributed by atoms with E-state index in [-0.39, 0.29) is 12.0 Å². The number of aliphatic hydroxyl groups excluding tert-OH is 1. The molecule has 2 rings (SSSR count). The molecule has 0 aliphatic heterocycles. The quantitative estimate of drug-likeness (QED) is 0.801. The van der Waals surface area contributed by atoms with E-state index in [1.807, 2.05) is 6.07 Å². The fraction of sp³-hybridized carbons (Fsp3) is 0.600. The minimum atomic E-state index is 0.0451. The number of benzene rings is 1. The van der Waals surface area contributed by atoms with Crippen LogP contribution in [-0.4, -0.2) is 11.7 Å². The molecule has 1 fully saturated rings. The van der Waals surface area contributed by atoms with Crippen LogP contribution < -0.4 is 0 Å². The second kappa shape index (κ2) is 4.21. The summed E-state index contributed by atoms with van der Waals surface area (Å²) in [5, 5.41) is 9.74. The Bertz CT molecular complexity index is 346. The summed E-state index contributed by atoms with van der Waals surface area (Å²) in [6.07, 6.45) is 4.89. The van der Waals surface area contributed by atoms with E-state index in [1.165, 1.54) is 24.8 Å². The van der Waals surface area contributed by atoms with Crippen molar-refractivity contribution in [1.29, 1.82) is 0 Å². The van der Waals surface area contributed by atoms with Gasteiger partial charge in [-0.1, -0.05) is 57.0 Å². The van der Waals surface area contributed by atoms with Crippen molar-refractivity contribution in [3.05, 3.63) is 35.9 Å². The minimum absolute atomic E-state index is 0.0451. The van der Waals surface area contributed by atoms with E-state index in [1.54, 1.807) is 0 Å². The Balaban J connectivity index is 2.19. The average molecular weight is 218 g/mol. The van der Waals surface area contributed by atoms with E-state index in [4.69, 9.17) is 0 Å². The number of unbranched alkanes of at least 4 members (excludes halogenated alkanes) is 1. The summed E-state index contributed by atoms with van der Waals surface area (Å²) in [5.74, 6) is 0. The number of hydrogen-bond acceptors (Lipinski definition) is 1. The Morgan fingerprint density at radius 1 is 1.25 bits per heavy atom. The Hall–Kier alpha value is -0.820. The summed E-state index contributed by atoms with van der Waals surface area (Å²) in [6, 6.07) is 10.5. The first-order valence-corrected chi connectivity index (χ1v) is 6.35. The summed E-state index contributed by atoms with van der Waals surface area (Å²) in [6.45, 7) is 4.85. The van der Waals surface area contributed by atoms with E-state index in [0.717, 1.165) is 6.42 Å². The van der Waals surface area contributed by atoms with Crippen molar-refractivity contribution in [3.8, 4) is 0 Å². The van der Waals surface area contributed by atoms with Crippen molar-refractivity contribution in [3.63, 3.8) is 0 Å². The molecule has 0 spiro atoms. The van der Waals surface area contributed by atoms with Gasteiger partial charge in [0.05, 0.1) is 6.61 Å². The van der Waals surface area contributed by atoms with Crippen molar-refractivity contribution in [2.24, 2.45) is 5.41 Å². The highest BCUT2D eigenvalue weighted by Crippen LogP contribution is 2.66. The highest BCUT2D eigenvalue weighted by molar-refractivity contribution is 5.37. The number of rotatable bonds is 5. The van der Waals surface area contributed by atoms with Crippen molar-refractivity contribution in [2.75, 3.05) is 6.61 Å². The van der Waals surface area contributed by atoms with Crippen LogP contribution in [0.3, 0.4) is 0 Å². The molecule has 0 heterocycles. The van der Waals surface area contributed by atoms with E-state index < -0.39 is 0 Å². The number of hydrogen-bond donors (Lipinski definition) is 1. The van der Waals surface area contributed by atoms with Gasteiger partial charge in [0.25, 0.3) is 0 Å². The zero-order valence-electron chi connectivity index (χ0n) is 10.4. The van der Waals surface area contributed by atoms with Gasteiger partial charge in [0, 0.05) is 5.41 Å². The summed E-state index contributed by atoms with van der Waals surface area (Å²) in [4.78, 5) is 0. The van der Waals surface area contributed by atoms with Crippen LogP contribution >= 0.6 is 0 Å². The predicted octanol–water partition coefficient (Wildman–Crippen LogP) is 3.52. The third-order valence-electron chi connectivity index (χ3n) is 4.40. The molecule has 0 unspecified atom stereocenters. The molecule has 1 nitrogen and oxygen atoms in total. The lowest BCUT2D eigenvalue weighted by molar-refractivity contribution is 0.221. The van der Waals surface area contributed by atoms with Crippen LogP contribution in [0.4, 0.5) is 0 Å². The molecule has 0 amide bonds. The highest BCUT2D eigenvalue weighted by Gasteiger charge is 2.63. The van der Waals surface area contributed by atoms with Gasteiger partial charge in [-0.3, -0.25) is 0 Å². The maximum Gasteiger partial charge on any atom is 0.0533 e. The van der Waals surface area contributed by atoms with E-state index in [9.17, 15) is 5.11 Å². The van der Waals surface area contributed by atoms with Gasteiger partial charge in [-0.25, -0.2) is 0 Å². The Kier molecular flexibility index (Phi) is 3.07.